The smallest absolute Gasteiger partial charge is 0.358 e. The second-order valence-electron chi connectivity index (χ2n) is 7.53. The molecule has 1 aliphatic heterocycles. The van der Waals surface area contributed by atoms with Crippen molar-refractivity contribution in [3.8, 4) is 0 Å². The van der Waals surface area contributed by atoms with Crippen LogP contribution in [0.2, 0.25) is 5.54 Å². The van der Waals surface area contributed by atoms with Crippen LogP contribution in [0.15, 0.2) is 0 Å². The molecule has 1 heterocycles. The zero-order chi connectivity index (χ0) is 14.9. The minimum Gasteiger partial charge on any atom is -0.397 e. The minimum absolute atomic E-state index is 0.578. The van der Waals surface area contributed by atoms with E-state index in [9.17, 15) is 0 Å². The Morgan fingerprint density at radius 2 is 1.48 bits per heavy atom. The van der Waals surface area contributed by atoms with Crippen LogP contribution in [0.1, 0.15) is 57.8 Å². The summed E-state index contributed by atoms with van der Waals surface area (Å²) in [5.41, 5.74) is 1.29. The topological polar surface area (TPSA) is 21.7 Å². The van der Waals surface area contributed by atoms with Gasteiger partial charge in [-0.3, -0.25) is 0 Å². The maximum atomic E-state index is 6.30. The van der Waals surface area contributed by atoms with Gasteiger partial charge in [0.1, 0.15) is 0 Å². The lowest BCUT2D eigenvalue weighted by Gasteiger charge is -2.53. The van der Waals surface area contributed by atoms with Gasteiger partial charge in [0, 0.05) is 19.8 Å². The van der Waals surface area contributed by atoms with Gasteiger partial charge in [0.2, 0.25) is 0 Å². The first-order valence-corrected chi connectivity index (χ1v) is 11.0. The largest absolute Gasteiger partial charge is 0.397 e. The van der Waals surface area contributed by atoms with E-state index in [0.29, 0.717) is 11.2 Å². The van der Waals surface area contributed by atoms with Crippen molar-refractivity contribution in [2.45, 2.75) is 69.0 Å². The summed E-state index contributed by atoms with van der Waals surface area (Å²) < 4.78 is 12.6. The molecule has 3 atom stereocenters. The van der Waals surface area contributed by atoms with Crippen LogP contribution in [-0.2, 0) is 8.85 Å². The van der Waals surface area contributed by atoms with Crippen molar-refractivity contribution in [1.29, 1.82) is 0 Å². The fourth-order valence-electron chi connectivity index (χ4n) is 5.68. The van der Waals surface area contributed by atoms with Gasteiger partial charge < -0.3 is 13.8 Å². The van der Waals surface area contributed by atoms with Gasteiger partial charge in [-0.15, -0.1) is 0 Å². The summed E-state index contributed by atoms with van der Waals surface area (Å²) in [6.07, 6.45) is 12.5. The van der Waals surface area contributed by atoms with E-state index in [4.69, 9.17) is 8.85 Å². The third-order valence-electron chi connectivity index (χ3n) is 6.68. The zero-order valence-electron chi connectivity index (χ0n) is 14.1. The molecule has 122 valence electrons. The number of fused-ring (bicyclic) bond motifs is 1. The summed E-state index contributed by atoms with van der Waals surface area (Å²) in [7, 11) is 4.05. The Morgan fingerprint density at radius 3 is 2.14 bits per heavy atom. The maximum absolute atomic E-state index is 6.30. The van der Waals surface area contributed by atoms with Gasteiger partial charge in [-0.05, 0) is 51.1 Å². The van der Waals surface area contributed by atoms with Gasteiger partial charge in [-0.2, -0.15) is 0 Å². The first kappa shape index (κ1) is 16.0. The summed E-state index contributed by atoms with van der Waals surface area (Å²) in [5.74, 6) is 1.75. The summed E-state index contributed by atoms with van der Waals surface area (Å²) in [6, 6.07) is 0. The first-order valence-electron chi connectivity index (χ1n) is 9.03. The normalized spacial score (nSPS) is 35.9. The van der Waals surface area contributed by atoms with Crippen molar-refractivity contribution in [3.63, 3.8) is 0 Å². The van der Waals surface area contributed by atoms with Gasteiger partial charge in [0.15, 0.2) is 0 Å². The van der Waals surface area contributed by atoms with Crippen LogP contribution in [0.3, 0.4) is 0 Å². The number of hydrogen-bond donors (Lipinski definition) is 0. The molecular formula is C17H33NO2Si. The molecule has 4 heteroatoms. The molecule has 0 amide bonds. The first-order chi connectivity index (χ1) is 10.2. The molecule has 0 spiro atoms. The van der Waals surface area contributed by atoms with Crippen molar-refractivity contribution >= 4 is 8.56 Å². The summed E-state index contributed by atoms with van der Waals surface area (Å²) in [4.78, 5) is 2.62. The van der Waals surface area contributed by atoms with Crippen LogP contribution >= 0.6 is 0 Å². The third-order valence-corrected chi connectivity index (χ3v) is 11.4. The molecule has 0 N–H and O–H groups in total. The average Bonchev–Trinajstić information content (AvgIpc) is 3.06. The van der Waals surface area contributed by atoms with Crippen LogP contribution in [0.4, 0.5) is 0 Å². The molecule has 3 unspecified atom stereocenters. The molecule has 1 saturated heterocycles. The summed E-state index contributed by atoms with van der Waals surface area (Å²) in [5, 5.41) is 0. The maximum Gasteiger partial charge on any atom is 0.358 e. The van der Waals surface area contributed by atoms with Crippen molar-refractivity contribution in [2.24, 2.45) is 11.8 Å². The molecule has 0 radical (unpaired) electrons. The molecule has 21 heavy (non-hydrogen) atoms. The highest BCUT2D eigenvalue weighted by molar-refractivity contribution is 6.70. The van der Waals surface area contributed by atoms with E-state index in [0.717, 1.165) is 11.8 Å². The molecular weight excluding hydrogens is 278 g/mol. The van der Waals surface area contributed by atoms with E-state index in [2.05, 4.69) is 11.9 Å². The lowest BCUT2D eigenvalue weighted by atomic mass is 9.75. The number of nitrogens with zero attached hydrogens (tertiary/aromatic N) is 1. The molecule has 2 aliphatic carbocycles. The highest BCUT2D eigenvalue weighted by Gasteiger charge is 2.58. The quantitative estimate of drug-likeness (QED) is 0.739. The van der Waals surface area contributed by atoms with E-state index in [1.165, 1.54) is 64.3 Å². The van der Waals surface area contributed by atoms with E-state index in [1.54, 1.807) is 0 Å². The van der Waals surface area contributed by atoms with Gasteiger partial charge in [-0.1, -0.05) is 32.1 Å². The van der Waals surface area contributed by atoms with Crippen LogP contribution in [-0.4, -0.2) is 46.9 Å². The Kier molecular flexibility index (Phi) is 5.09. The fourth-order valence-corrected chi connectivity index (χ4v) is 10.5. The van der Waals surface area contributed by atoms with Crippen LogP contribution in [0, 0.1) is 11.8 Å². The molecule has 0 aromatic carbocycles. The third kappa shape index (κ3) is 2.73. The van der Waals surface area contributed by atoms with E-state index >= 15 is 0 Å². The molecule has 0 aromatic rings. The Bertz CT molecular complexity index is 342. The second-order valence-corrected chi connectivity index (χ2v) is 11.2. The van der Waals surface area contributed by atoms with Gasteiger partial charge in [0.25, 0.3) is 0 Å². The molecule has 2 saturated carbocycles. The molecule has 0 bridgehead atoms. The Morgan fingerprint density at radius 1 is 0.857 bits per heavy atom. The monoisotopic (exact) mass is 311 g/mol. The SMILES string of the molecule is CO[Si](OC)(C1CCCC1)C1C2CCCCC2CCN1C. The van der Waals surface area contributed by atoms with Crippen LogP contribution < -0.4 is 0 Å². The van der Waals surface area contributed by atoms with Crippen molar-refractivity contribution in [3.05, 3.63) is 0 Å². The van der Waals surface area contributed by atoms with E-state index in [1.807, 2.05) is 14.2 Å². The van der Waals surface area contributed by atoms with Crippen molar-refractivity contribution in [2.75, 3.05) is 27.8 Å². The average molecular weight is 312 g/mol. The molecule has 0 aromatic heterocycles. The van der Waals surface area contributed by atoms with E-state index < -0.39 is 8.56 Å². The predicted molar refractivity (Wildman–Crippen MR) is 88.5 cm³/mol. The van der Waals surface area contributed by atoms with Crippen molar-refractivity contribution in [1.82, 2.24) is 4.90 Å². The predicted octanol–water partition coefficient (Wildman–Crippen LogP) is 3.72. The van der Waals surface area contributed by atoms with Gasteiger partial charge in [0.05, 0.1) is 5.67 Å². The number of rotatable bonds is 4. The van der Waals surface area contributed by atoms with Crippen molar-refractivity contribution < 1.29 is 8.85 Å². The lowest BCUT2D eigenvalue weighted by molar-refractivity contribution is 0.0428. The minimum atomic E-state index is -2.15. The summed E-state index contributed by atoms with van der Waals surface area (Å²) >= 11 is 0. The van der Waals surface area contributed by atoms with E-state index in [-0.39, 0.29) is 0 Å². The number of hydrogen-bond acceptors (Lipinski definition) is 3. The highest BCUT2D eigenvalue weighted by Crippen LogP contribution is 2.49. The van der Waals surface area contributed by atoms with Gasteiger partial charge >= 0.3 is 8.56 Å². The number of likely N-dealkylation sites (tertiary alicyclic amines) is 1. The highest BCUT2D eigenvalue weighted by atomic mass is 28.4. The molecule has 3 nitrogen and oxygen atoms in total. The number of piperidine rings is 1. The fraction of sp³-hybridized carbons (Fsp3) is 1.00. The van der Waals surface area contributed by atoms with Crippen LogP contribution in [0.5, 0.6) is 0 Å². The molecule has 3 fully saturated rings. The molecule has 3 aliphatic rings. The van der Waals surface area contributed by atoms with Gasteiger partial charge in [-0.25, -0.2) is 0 Å². The Hall–Kier alpha value is 0.0969. The second kappa shape index (κ2) is 6.69. The summed E-state index contributed by atoms with van der Waals surface area (Å²) in [6.45, 7) is 1.24. The van der Waals surface area contributed by atoms with Crippen LogP contribution in [0.25, 0.3) is 0 Å². The Balaban J connectivity index is 1.91. The zero-order valence-corrected chi connectivity index (χ0v) is 15.1. The Labute approximate surface area is 131 Å². The molecule has 3 rings (SSSR count). The lowest BCUT2D eigenvalue weighted by Crippen LogP contribution is -2.67. The standard InChI is InChI=1S/C17H33NO2Si/c1-18-13-12-14-8-4-7-11-16(14)17(18)21(19-2,20-3)15-9-5-6-10-15/h14-17H,4-13H2,1-3H3.